The first-order valence-electron chi connectivity index (χ1n) is 14.2. The Morgan fingerprint density at radius 2 is 1.79 bits per heavy atom. The van der Waals surface area contributed by atoms with E-state index in [9.17, 15) is 29.3 Å². The number of hydrogen-bond donors (Lipinski definition) is 5. The Hall–Kier alpha value is -2.50. The lowest BCUT2D eigenvalue weighted by molar-refractivity contribution is -0.161. The van der Waals surface area contributed by atoms with Gasteiger partial charge >= 0.3 is 19.8 Å². The molecule has 2 aromatic heterocycles. The maximum atomic E-state index is 12.6. The smallest absolute Gasteiger partial charge is 0.462 e. The monoisotopic (exact) mass is 649 g/mol. The second-order valence-corrected chi connectivity index (χ2v) is 11.9. The maximum Gasteiger partial charge on any atom is 0.472 e. The van der Waals surface area contributed by atoms with Gasteiger partial charge in [-0.25, -0.2) is 14.5 Å². The second-order valence-electron chi connectivity index (χ2n) is 10.1. The summed E-state index contributed by atoms with van der Waals surface area (Å²) in [4.78, 5) is 45.4. The number of H-pyrrole nitrogens is 1. The number of carbonyl (C=O) groups excluding carboxylic acids is 2. The summed E-state index contributed by atoms with van der Waals surface area (Å²) in [5.74, 6) is -1.05. The first kappa shape index (κ1) is 35.0. The third-order valence-electron chi connectivity index (χ3n) is 6.60. The predicted octanol–water partition coefficient (Wildman–Crippen LogP) is 2.44. The van der Waals surface area contributed by atoms with Gasteiger partial charge in [-0.05, 0) is 12.8 Å². The van der Waals surface area contributed by atoms with Gasteiger partial charge in [0, 0.05) is 12.8 Å². The van der Waals surface area contributed by atoms with E-state index in [4.69, 9.17) is 41.2 Å². The van der Waals surface area contributed by atoms with Crippen molar-refractivity contribution in [1.29, 1.82) is 0 Å². The first-order chi connectivity index (χ1) is 20.5. The molecule has 0 spiro atoms. The fourth-order valence-corrected chi connectivity index (χ4v) is 5.29. The molecule has 43 heavy (non-hydrogen) atoms. The molecule has 6 atom stereocenters. The molecule has 0 radical (unpaired) electrons. The molecule has 1 unspecified atom stereocenters. The summed E-state index contributed by atoms with van der Waals surface area (Å²) >= 11 is 5.14. The molecule has 242 valence electrons. The minimum absolute atomic E-state index is 0.00161. The molecular weight excluding hydrogens is 609 g/mol. The van der Waals surface area contributed by atoms with Crippen molar-refractivity contribution in [2.75, 3.05) is 25.6 Å². The number of rotatable bonds is 18. The van der Waals surface area contributed by atoms with E-state index >= 15 is 0 Å². The lowest BCUT2D eigenvalue weighted by Crippen LogP contribution is -2.34. The van der Waals surface area contributed by atoms with Crippen molar-refractivity contribution in [3.8, 4) is 0 Å². The Morgan fingerprint density at radius 3 is 2.47 bits per heavy atom. The number of aliphatic hydroxyl groups is 2. The molecule has 0 bridgehead atoms. The SMILES string of the molecule is CCCCCC(=O)OC[C@H](COP(=O)(O)OC[C@H]1O[C@@H](n2cnc3c(=S)nc(N)[nH]c32)[C@H](O)[C@@H]1O)OC(=O)CCCCC. The van der Waals surface area contributed by atoms with Crippen LogP contribution in [-0.2, 0) is 37.4 Å². The standard InChI is InChI=1S/C25H40N5O11PS/c1-3-5-7-9-17(31)37-11-15(40-18(32)10-8-6-4-2)12-38-42(35,36)39-13-16-20(33)21(34)24(41-16)30-14-27-19-22(30)28-25(26)29-23(19)43/h14-16,20-21,24,33-34H,3-13H2,1-2H3,(H,35,36)(H3,26,28,29,43)/t15-,16-,20-,21-,24-/m1/s1. The number of ether oxygens (including phenoxy) is 3. The molecule has 0 aromatic carbocycles. The Morgan fingerprint density at radius 1 is 1.12 bits per heavy atom. The zero-order chi connectivity index (χ0) is 31.6. The van der Waals surface area contributed by atoms with Crippen molar-refractivity contribution in [3.63, 3.8) is 0 Å². The molecule has 1 fully saturated rings. The van der Waals surface area contributed by atoms with E-state index in [-0.39, 0.29) is 41.2 Å². The number of imidazole rings is 1. The Bertz CT molecular complexity index is 1320. The van der Waals surface area contributed by atoms with E-state index in [0.29, 0.717) is 12.8 Å². The number of phosphoric ester groups is 1. The second kappa shape index (κ2) is 16.5. The van der Waals surface area contributed by atoms with Gasteiger partial charge in [-0.15, -0.1) is 0 Å². The molecule has 6 N–H and O–H groups in total. The summed E-state index contributed by atoms with van der Waals surface area (Å²) in [6.07, 6.45) is -0.210. The lowest BCUT2D eigenvalue weighted by atomic mass is 10.1. The van der Waals surface area contributed by atoms with Crippen LogP contribution in [0.5, 0.6) is 0 Å². The number of nitrogen functional groups attached to an aromatic ring is 1. The molecule has 2 aromatic rings. The van der Waals surface area contributed by atoms with Crippen LogP contribution in [0.2, 0.25) is 0 Å². The highest BCUT2D eigenvalue weighted by atomic mass is 32.1. The number of carbonyl (C=O) groups is 2. The van der Waals surface area contributed by atoms with Gasteiger partial charge in [0.2, 0.25) is 0 Å². The van der Waals surface area contributed by atoms with Crippen LogP contribution < -0.4 is 5.73 Å². The van der Waals surface area contributed by atoms with Gasteiger partial charge in [0.15, 0.2) is 22.9 Å². The molecule has 0 saturated carbocycles. The van der Waals surface area contributed by atoms with E-state index in [0.717, 1.165) is 25.7 Å². The van der Waals surface area contributed by atoms with Crippen molar-refractivity contribution >= 4 is 49.1 Å². The minimum atomic E-state index is -4.78. The average molecular weight is 650 g/mol. The van der Waals surface area contributed by atoms with Crippen LogP contribution in [0.25, 0.3) is 11.2 Å². The van der Waals surface area contributed by atoms with Gasteiger partial charge in [-0.1, -0.05) is 51.7 Å². The number of esters is 2. The Kier molecular flexibility index (Phi) is 13.5. The number of anilines is 1. The molecule has 1 saturated heterocycles. The van der Waals surface area contributed by atoms with Crippen molar-refractivity contribution < 1.29 is 52.5 Å². The van der Waals surface area contributed by atoms with E-state index in [1.165, 1.54) is 10.9 Å². The number of unbranched alkanes of at least 4 members (excludes halogenated alkanes) is 4. The summed E-state index contributed by atoms with van der Waals surface area (Å²) in [7, 11) is -4.78. The highest BCUT2D eigenvalue weighted by Crippen LogP contribution is 2.44. The quantitative estimate of drug-likeness (QED) is 0.0676. The molecule has 0 amide bonds. The number of nitrogens with zero attached hydrogens (tertiary/aromatic N) is 3. The Labute approximate surface area is 253 Å². The van der Waals surface area contributed by atoms with Gasteiger partial charge in [-0.3, -0.25) is 23.2 Å². The summed E-state index contributed by atoms with van der Waals surface area (Å²) in [5.41, 5.74) is 6.30. The largest absolute Gasteiger partial charge is 0.472 e. The average Bonchev–Trinajstić information content (AvgIpc) is 3.49. The van der Waals surface area contributed by atoms with Crippen molar-refractivity contribution in [3.05, 3.63) is 11.0 Å². The molecule has 1 aliphatic heterocycles. The van der Waals surface area contributed by atoms with Gasteiger partial charge < -0.3 is 40.0 Å². The van der Waals surface area contributed by atoms with Crippen LogP contribution in [0.4, 0.5) is 5.95 Å². The van der Waals surface area contributed by atoms with E-state index < -0.39 is 63.6 Å². The number of fused-ring (bicyclic) bond motifs is 1. The summed E-state index contributed by atoms with van der Waals surface area (Å²) < 4.78 is 40.4. The lowest BCUT2D eigenvalue weighted by Gasteiger charge is -2.21. The van der Waals surface area contributed by atoms with Crippen molar-refractivity contribution in [2.45, 2.75) is 95.9 Å². The third kappa shape index (κ3) is 10.3. The zero-order valence-corrected chi connectivity index (χ0v) is 25.8. The highest BCUT2D eigenvalue weighted by molar-refractivity contribution is 7.71. The normalized spacial score (nSPS) is 22.3. The van der Waals surface area contributed by atoms with Crippen LogP contribution in [0.3, 0.4) is 0 Å². The highest BCUT2D eigenvalue weighted by Gasteiger charge is 2.45. The first-order valence-corrected chi connectivity index (χ1v) is 16.1. The molecule has 3 rings (SSSR count). The number of aromatic nitrogens is 4. The number of nitrogens with two attached hydrogens (primary N) is 1. The predicted molar refractivity (Wildman–Crippen MR) is 154 cm³/mol. The van der Waals surface area contributed by atoms with E-state index in [2.05, 4.69) is 15.0 Å². The van der Waals surface area contributed by atoms with Crippen LogP contribution in [0.1, 0.15) is 71.4 Å². The third-order valence-corrected chi connectivity index (χ3v) is 7.83. The van der Waals surface area contributed by atoms with Gasteiger partial charge in [0.05, 0.1) is 19.5 Å². The fourth-order valence-electron chi connectivity index (χ4n) is 4.28. The van der Waals surface area contributed by atoms with Gasteiger partial charge in [-0.2, -0.15) is 0 Å². The van der Waals surface area contributed by atoms with Crippen molar-refractivity contribution in [2.24, 2.45) is 0 Å². The summed E-state index contributed by atoms with van der Waals surface area (Å²) in [6, 6.07) is 0. The topological polar surface area (TPSA) is 231 Å². The molecule has 1 aliphatic rings. The molecule has 18 heteroatoms. The minimum Gasteiger partial charge on any atom is -0.462 e. The van der Waals surface area contributed by atoms with Crippen LogP contribution >= 0.6 is 20.0 Å². The van der Waals surface area contributed by atoms with E-state index in [1.54, 1.807) is 0 Å². The number of hydrogen-bond acceptors (Lipinski definition) is 14. The number of aromatic amines is 1. The summed E-state index contributed by atoms with van der Waals surface area (Å²) in [6.45, 7) is 2.36. The summed E-state index contributed by atoms with van der Waals surface area (Å²) in [5, 5.41) is 21.2. The molecular formula is C25H40N5O11PS. The number of aliphatic hydroxyl groups excluding tert-OH is 2. The molecule has 16 nitrogen and oxygen atoms in total. The molecule has 3 heterocycles. The van der Waals surface area contributed by atoms with E-state index in [1.807, 2.05) is 13.8 Å². The Balaban J connectivity index is 1.57. The van der Waals surface area contributed by atoms with Crippen LogP contribution in [0, 0.1) is 4.64 Å². The van der Waals surface area contributed by atoms with Crippen LogP contribution in [0.15, 0.2) is 6.33 Å². The zero-order valence-electron chi connectivity index (χ0n) is 24.1. The van der Waals surface area contributed by atoms with Crippen LogP contribution in [-0.4, -0.2) is 90.8 Å². The molecule has 0 aliphatic carbocycles. The fraction of sp³-hybridized carbons (Fsp3) is 0.720. The maximum absolute atomic E-state index is 12.6. The van der Waals surface area contributed by atoms with Crippen molar-refractivity contribution in [1.82, 2.24) is 19.5 Å². The van der Waals surface area contributed by atoms with Gasteiger partial charge in [0.25, 0.3) is 0 Å². The van der Waals surface area contributed by atoms with Gasteiger partial charge in [0.1, 0.15) is 36.1 Å². The number of nitrogens with one attached hydrogen (secondary N) is 1. The number of phosphoric acid groups is 1.